The lowest BCUT2D eigenvalue weighted by Crippen LogP contribution is -2.53. The van der Waals surface area contributed by atoms with Crippen LogP contribution in [0.25, 0.3) is 0 Å². The van der Waals surface area contributed by atoms with E-state index < -0.39 is 28.9 Å². The van der Waals surface area contributed by atoms with E-state index in [1.165, 1.54) is 0 Å². The van der Waals surface area contributed by atoms with Crippen molar-refractivity contribution in [3.63, 3.8) is 0 Å². The molecule has 0 unspecified atom stereocenters. The molecule has 0 spiro atoms. The molecular weight excluding hydrogens is 584 g/mol. The maximum Gasteiger partial charge on any atom is 0.408 e. The highest BCUT2D eigenvalue weighted by Crippen LogP contribution is 2.31. The van der Waals surface area contributed by atoms with Crippen molar-refractivity contribution >= 4 is 40.6 Å². The lowest BCUT2D eigenvalue weighted by atomic mass is 10.1. The minimum absolute atomic E-state index is 0.113. The third-order valence-corrected chi connectivity index (χ3v) is 7.02. The quantitative estimate of drug-likeness (QED) is 0.296. The first-order valence-corrected chi connectivity index (χ1v) is 15.1. The molecule has 1 aliphatic rings. The largest absolute Gasteiger partial charge is 0.490 e. The summed E-state index contributed by atoms with van der Waals surface area (Å²) in [5.41, 5.74) is 6.29. The van der Waals surface area contributed by atoms with E-state index in [0.29, 0.717) is 48.7 Å². The fourth-order valence-electron chi connectivity index (χ4n) is 4.23. The average Bonchev–Trinajstić information content (AvgIpc) is 3.01. The number of para-hydroxylation sites is 2. The fourth-order valence-corrected chi connectivity index (χ4v) is 4.76. The van der Waals surface area contributed by atoms with Gasteiger partial charge in [0.2, 0.25) is 5.91 Å². The monoisotopic (exact) mass is 620 g/mol. The van der Waals surface area contributed by atoms with Crippen LogP contribution in [0, 0.1) is 0 Å². The van der Waals surface area contributed by atoms with Crippen molar-refractivity contribution in [3.8, 4) is 11.5 Å². The molecule has 0 aliphatic carbocycles. The molecule has 1 heterocycles. The summed E-state index contributed by atoms with van der Waals surface area (Å²) in [6.07, 6.45) is -0.667. The lowest BCUT2D eigenvalue weighted by Gasteiger charge is -2.29. The van der Waals surface area contributed by atoms with E-state index in [-0.39, 0.29) is 18.1 Å². The van der Waals surface area contributed by atoms with E-state index in [0.717, 1.165) is 11.1 Å². The van der Waals surface area contributed by atoms with Crippen molar-refractivity contribution < 1.29 is 33.4 Å². The minimum Gasteiger partial charge on any atom is -0.490 e. The third kappa shape index (κ3) is 9.94. The zero-order valence-electron chi connectivity index (χ0n) is 24.8. The smallest absolute Gasteiger partial charge is 0.408 e. The normalized spacial score (nSPS) is 13.0. The second-order valence-electron chi connectivity index (χ2n) is 10.9. The predicted octanol–water partition coefficient (Wildman–Crippen LogP) is 4.60. The number of hydrogen-bond donors (Lipinski definition) is 3. The van der Waals surface area contributed by atoms with Crippen molar-refractivity contribution in [3.05, 3.63) is 90.0 Å². The van der Waals surface area contributed by atoms with Crippen LogP contribution in [-0.2, 0) is 27.4 Å². The van der Waals surface area contributed by atoms with Crippen molar-refractivity contribution in [2.75, 3.05) is 23.8 Å². The zero-order chi connectivity index (χ0) is 31.5. The molecule has 232 valence electrons. The van der Waals surface area contributed by atoms with Crippen LogP contribution in [0.4, 0.5) is 15.3 Å². The standard InChI is InChI=1S/C32H36N4O7S/c1-32(2,3)43-30(39)33-25(19-22-13-15-24(16-14-22)42-20-23-9-5-4-6-10-23)29(38)34-35-31(40)44-21-28(37)36-17-18-41-27-12-8-7-11-26(27)36/h4-16,25H,17-21H2,1-3H3,(H,33,39)(H,34,38)(H,35,40)/t25-/m0/s1. The Kier molecular flexibility index (Phi) is 11.1. The summed E-state index contributed by atoms with van der Waals surface area (Å²) < 4.78 is 16.7. The van der Waals surface area contributed by atoms with Crippen LogP contribution >= 0.6 is 11.8 Å². The number of hydrazine groups is 1. The highest BCUT2D eigenvalue weighted by molar-refractivity contribution is 8.14. The number of ether oxygens (including phenoxy) is 3. The molecule has 0 aromatic heterocycles. The predicted molar refractivity (Wildman–Crippen MR) is 168 cm³/mol. The SMILES string of the molecule is CC(C)(C)OC(=O)N[C@@H](Cc1ccc(OCc2ccccc2)cc1)C(=O)NNC(=O)SCC(=O)N1CCOc2ccccc21. The third-order valence-electron chi connectivity index (χ3n) is 6.26. The van der Waals surface area contributed by atoms with Crippen molar-refractivity contribution in [2.24, 2.45) is 0 Å². The van der Waals surface area contributed by atoms with E-state index in [1.807, 2.05) is 36.4 Å². The van der Waals surface area contributed by atoms with Gasteiger partial charge in [-0.1, -0.05) is 66.4 Å². The van der Waals surface area contributed by atoms with Gasteiger partial charge in [-0.3, -0.25) is 25.2 Å². The minimum atomic E-state index is -1.07. The van der Waals surface area contributed by atoms with Gasteiger partial charge < -0.3 is 24.4 Å². The maximum atomic E-state index is 13.1. The molecule has 11 nitrogen and oxygen atoms in total. The Hall–Kier alpha value is -4.71. The molecule has 44 heavy (non-hydrogen) atoms. The number of nitrogens with zero attached hydrogens (tertiary/aromatic N) is 1. The molecule has 3 aromatic rings. The van der Waals surface area contributed by atoms with Crippen molar-refractivity contribution in [1.82, 2.24) is 16.2 Å². The molecule has 3 N–H and O–H groups in total. The molecule has 0 bridgehead atoms. The number of carbonyl (C=O) groups excluding carboxylic acids is 4. The van der Waals surface area contributed by atoms with E-state index in [1.54, 1.807) is 68.1 Å². The van der Waals surface area contributed by atoms with Gasteiger partial charge in [0.15, 0.2) is 0 Å². The highest BCUT2D eigenvalue weighted by atomic mass is 32.2. The molecule has 12 heteroatoms. The first-order valence-electron chi connectivity index (χ1n) is 14.1. The molecule has 0 radical (unpaired) electrons. The van der Waals surface area contributed by atoms with Crippen LogP contribution in [0.2, 0.25) is 0 Å². The molecule has 3 aromatic carbocycles. The molecule has 1 aliphatic heterocycles. The van der Waals surface area contributed by atoms with Gasteiger partial charge in [-0.2, -0.15) is 0 Å². The second-order valence-corrected chi connectivity index (χ2v) is 11.8. The first-order chi connectivity index (χ1) is 21.1. The summed E-state index contributed by atoms with van der Waals surface area (Å²) in [5, 5.41) is 1.94. The van der Waals surface area contributed by atoms with Crippen LogP contribution in [0.3, 0.4) is 0 Å². The molecular formula is C32H36N4O7S. The van der Waals surface area contributed by atoms with Gasteiger partial charge in [-0.05, 0) is 56.2 Å². The van der Waals surface area contributed by atoms with Crippen LogP contribution in [0.5, 0.6) is 11.5 Å². The Balaban J connectivity index is 1.31. The number of amides is 4. The van der Waals surface area contributed by atoms with E-state index >= 15 is 0 Å². The van der Waals surface area contributed by atoms with Crippen molar-refractivity contribution in [1.29, 1.82) is 0 Å². The van der Waals surface area contributed by atoms with Gasteiger partial charge in [-0.25, -0.2) is 4.79 Å². The van der Waals surface area contributed by atoms with Crippen LogP contribution in [-0.4, -0.2) is 53.7 Å². The Labute approximate surface area is 260 Å². The van der Waals surface area contributed by atoms with Gasteiger partial charge in [0, 0.05) is 6.42 Å². The van der Waals surface area contributed by atoms with Gasteiger partial charge >= 0.3 is 6.09 Å². The number of thioether (sulfide) groups is 1. The van der Waals surface area contributed by atoms with E-state index in [4.69, 9.17) is 14.2 Å². The van der Waals surface area contributed by atoms with Gasteiger partial charge in [0.05, 0.1) is 18.0 Å². The second kappa shape index (κ2) is 15.1. The Morgan fingerprint density at radius 1 is 0.909 bits per heavy atom. The Bertz CT molecular complexity index is 1440. The number of nitrogens with one attached hydrogen (secondary N) is 3. The summed E-state index contributed by atoms with van der Waals surface area (Å²) in [5.74, 6) is 0.175. The molecule has 0 saturated carbocycles. The summed E-state index contributed by atoms with van der Waals surface area (Å²) in [6, 6.07) is 23.0. The highest BCUT2D eigenvalue weighted by Gasteiger charge is 2.26. The average molecular weight is 621 g/mol. The fraction of sp³-hybridized carbons (Fsp3) is 0.312. The number of benzene rings is 3. The topological polar surface area (TPSA) is 135 Å². The maximum absolute atomic E-state index is 13.1. The number of anilines is 1. The van der Waals surface area contributed by atoms with Gasteiger partial charge in [-0.15, -0.1) is 0 Å². The van der Waals surface area contributed by atoms with Crippen molar-refractivity contribution in [2.45, 2.75) is 45.4 Å². The lowest BCUT2D eigenvalue weighted by molar-refractivity contribution is -0.123. The summed E-state index contributed by atoms with van der Waals surface area (Å²) in [7, 11) is 0. The zero-order valence-corrected chi connectivity index (χ0v) is 25.6. The first kappa shape index (κ1) is 32.2. The molecule has 0 saturated heterocycles. The van der Waals surface area contributed by atoms with Gasteiger partial charge in [0.1, 0.15) is 36.4 Å². The Morgan fingerprint density at radius 3 is 2.34 bits per heavy atom. The Morgan fingerprint density at radius 2 is 1.61 bits per heavy atom. The van der Waals surface area contributed by atoms with E-state index in [9.17, 15) is 19.2 Å². The summed E-state index contributed by atoms with van der Waals surface area (Å²) in [6.45, 7) is 6.27. The number of rotatable bonds is 9. The van der Waals surface area contributed by atoms with Crippen LogP contribution < -0.4 is 30.5 Å². The molecule has 4 amide bonds. The number of carbonyl (C=O) groups is 4. The molecule has 4 rings (SSSR count). The summed E-state index contributed by atoms with van der Waals surface area (Å²) >= 11 is 0.714. The molecule has 1 atom stereocenters. The van der Waals surface area contributed by atoms with Gasteiger partial charge in [0.25, 0.3) is 11.1 Å². The number of hydrogen-bond acceptors (Lipinski definition) is 8. The molecule has 0 fully saturated rings. The summed E-state index contributed by atoms with van der Waals surface area (Å²) in [4.78, 5) is 52.5. The van der Waals surface area contributed by atoms with Crippen LogP contribution in [0.1, 0.15) is 31.9 Å². The van der Waals surface area contributed by atoms with E-state index in [2.05, 4.69) is 16.2 Å². The van der Waals surface area contributed by atoms with Crippen LogP contribution in [0.15, 0.2) is 78.9 Å². The number of alkyl carbamates (subject to hydrolysis) is 1. The number of fused-ring (bicyclic) bond motifs is 1.